The van der Waals surface area contributed by atoms with Gasteiger partial charge in [-0.1, -0.05) is 0 Å². The van der Waals surface area contributed by atoms with E-state index in [4.69, 9.17) is 14.2 Å². The Balaban J connectivity index is 2.88. The number of ether oxygens (including phenoxy) is 3. The zero-order chi connectivity index (χ0) is 17.8. The number of hydroxylamine groups is 1. The summed E-state index contributed by atoms with van der Waals surface area (Å²) in [6.45, 7) is 10.3. The van der Waals surface area contributed by atoms with Gasteiger partial charge in [0.2, 0.25) is 6.54 Å². The van der Waals surface area contributed by atoms with Crippen LogP contribution in [0.25, 0.3) is 0 Å². The molecule has 1 aliphatic heterocycles. The molecule has 1 amide bonds. The van der Waals surface area contributed by atoms with Gasteiger partial charge in [-0.2, -0.15) is 0 Å². The molecule has 1 atom stereocenters. The maximum absolute atomic E-state index is 12.4. The largest absolute Gasteiger partial charge is 0.624 e. The third kappa shape index (κ3) is 5.70. The standard InChI is InChI=1S/C15H26N2O6/c1-7-21-12(18)9-16(20)8-11-10-22-15(5,6)17(11)13(19)23-14(2,3)4/h8,11H,7,9-10H2,1-6H3/b16-8-/t11-/m0/s1. The Labute approximate surface area is 136 Å². The average Bonchev–Trinajstić information content (AvgIpc) is 2.62. The van der Waals surface area contributed by atoms with Crippen LogP contribution in [0.2, 0.25) is 0 Å². The van der Waals surface area contributed by atoms with Crippen molar-refractivity contribution in [3.05, 3.63) is 5.21 Å². The molecule has 0 unspecified atom stereocenters. The summed E-state index contributed by atoms with van der Waals surface area (Å²) >= 11 is 0. The minimum Gasteiger partial charge on any atom is -0.624 e. The first kappa shape index (κ1) is 19.2. The summed E-state index contributed by atoms with van der Waals surface area (Å²) in [7, 11) is 0. The predicted octanol–water partition coefficient (Wildman–Crippen LogP) is 1.50. The van der Waals surface area contributed by atoms with Crippen LogP contribution >= 0.6 is 0 Å². The van der Waals surface area contributed by atoms with Crippen LogP contribution in [0.3, 0.4) is 0 Å². The number of hydrogen-bond acceptors (Lipinski definition) is 6. The summed E-state index contributed by atoms with van der Waals surface area (Å²) in [5.74, 6) is -0.624. The van der Waals surface area contributed by atoms with Crippen molar-refractivity contribution >= 4 is 18.3 Å². The van der Waals surface area contributed by atoms with E-state index in [1.165, 1.54) is 11.1 Å². The molecule has 0 aromatic carbocycles. The molecule has 0 spiro atoms. The summed E-state index contributed by atoms with van der Waals surface area (Å²) in [6.07, 6.45) is 0.654. The second-order valence-corrected chi connectivity index (χ2v) is 6.70. The Morgan fingerprint density at radius 3 is 2.57 bits per heavy atom. The fraction of sp³-hybridized carbons (Fsp3) is 0.800. The predicted molar refractivity (Wildman–Crippen MR) is 83.1 cm³/mol. The van der Waals surface area contributed by atoms with Gasteiger partial charge in [0, 0.05) is 0 Å². The zero-order valence-electron chi connectivity index (χ0n) is 14.6. The lowest BCUT2D eigenvalue weighted by molar-refractivity contribution is -0.445. The van der Waals surface area contributed by atoms with Crippen molar-refractivity contribution < 1.29 is 28.5 Å². The molecule has 0 bridgehead atoms. The highest BCUT2D eigenvalue weighted by Gasteiger charge is 2.46. The lowest BCUT2D eigenvalue weighted by atomic mass is 10.2. The van der Waals surface area contributed by atoms with Gasteiger partial charge in [0.15, 0.2) is 6.21 Å². The Morgan fingerprint density at radius 1 is 1.43 bits per heavy atom. The second kappa shape index (κ2) is 7.16. The molecule has 8 heteroatoms. The molecule has 8 nitrogen and oxygen atoms in total. The number of nitrogens with zero attached hydrogens (tertiary/aromatic N) is 2. The van der Waals surface area contributed by atoms with Gasteiger partial charge in [0.05, 0.1) is 13.2 Å². The van der Waals surface area contributed by atoms with Gasteiger partial charge < -0.3 is 19.4 Å². The lowest BCUT2D eigenvalue weighted by Crippen LogP contribution is -2.51. The molecule has 0 radical (unpaired) electrons. The lowest BCUT2D eigenvalue weighted by Gasteiger charge is -2.33. The van der Waals surface area contributed by atoms with Crippen LogP contribution in [0, 0.1) is 5.21 Å². The molecular formula is C15H26N2O6. The molecule has 1 saturated heterocycles. The molecule has 0 N–H and O–H groups in total. The Bertz CT molecular complexity index is 481. The minimum absolute atomic E-state index is 0.147. The number of rotatable bonds is 4. The molecule has 1 heterocycles. The molecule has 23 heavy (non-hydrogen) atoms. The van der Waals surface area contributed by atoms with E-state index >= 15 is 0 Å². The average molecular weight is 330 g/mol. The van der Waals surface area contributed by atoms with Crippen molar-refractivity contribution in [3.8, 4) is 0 Å². The smallest absolute Gasteiger partial charge is 0.413 e. The summed E-state index contributed by atoms with van der Waals surface area (Å²) < 4.78 is 16.1. The molecule has 1 rings (SSSR count). The SMILES string of the molecule is CCOC(=O)C/[N+]([O-])=C/[C@H]1COC(C)(C)N1C(=O)OC(C)(C)C. The highest BCUT2D eigenvalue weighted by molar-refractivity contribution is 5.76. The van der Waals surface area contributed by atoms with Crippen LogP contribution in [0.15, 0.2) is 0 Å². The third-order valence-electron chi connectivity index (χ3n) is 3.04. The van der Waals surface area contributed by atoms with Crippen LogP contribution in [-0.4, -0.2) is 65.0 Å². The van der Waals surface area contributed by atoms with Crippen molar-refractivity contribution in [1.82, 2.24) is 4.90 Å². The van der Waals surface area contributed by atoms with Gasteiger partial charge in [-0.05, 0) is 41.5 Å². The fourth-order valence-electron chi connectivity index (χ4n) is 2.19. The van der Waals surface area contributed by atoms with Crippen LogP contribution < -0.4 is 0 Å². The van der Waals surface area contributed by atoms with Gasteiger partial charge in [-0.3, -0.25) is 4.90 Å². The first-order chi connectivity index (χ1) is 10.5. The number of esters is 1. The molecule has 0 aromatic heterocycles. The fourth-order valence-corrected chi connectivity index (χ4v) is 2.19. The molecule has 0 aromatic rings. The van der Waals surface area contributed by atoms with Crippen LogP contribution in [0.4, 0.5) is 4.79 Å². The quantitative estimate of drug-likeness (QED) is 0.255. The monoisotopic (exact) mass is 330 g/mol. The maximum Gasteiger partial charge on any atom is 0.413 e. The Hall–Kier alpha value is -1.83. The minimum atomic E-state index is -0.908. The van der Waals surface area contributed by atoms with Crippen LogP contribution in [-0.2, 0) is 19.0 Å². The van der Waals surface area contributed by atoms with Gasteiger partial charge in [-0.15, -0.1) is 0 Å². The third-order valence-corrected chi connectivity index (χ3v) is 3.04. The highest BCUT2D eigenvalue weighted by atomic mass is 16.6. The van der Waals surface area contributed by atoms with Crippen molar-refractivity contribution in [2.24, 2.45) is 0 Å². The van der Waals surface area contributed by atoms with Gasteiger partial charge in [0.25, 0.3) is 0 Å². The van der Waals surface area contributed by atoms with E-state index in [1.54, 1.807) is 41.5 Å². The van der Waals surface area contributed by atoms with E-state index in [0.717, 1.165) is 0 Å². The van der Waals surface area contributed by atoms with Gasteiger partial charge in [0.1, 0.15) is 17.4 Å². The highest BCUT2D eigenvalue weighted by Crippen LogP contribution is 2.28. The normalized spacial score (nSPS) is 21.2. The Kier molecular flexibility index (Phi) is 5.98. The van der Waals surface area contributed by atoms with Gasteiger partial charge in [-0.25, -0.2) is 14.3 Å². The number of amides is 1. The molecule has 1 aliphatic rings. The van der Waals surface area contributed by atoms with E-state index in [-0.39, 0.29) is 13.2 Å². The number of carbonyl (C=O) groups is 2. The second-order valence-electron chi connectivity index (χ2n) is 6.70. The number of hydrogen-bond donors (Lipinski definition) is 0. The maximum atomic E-state index is 12.4. The molecule has 132 valence electrons. The first-order valence-corrected chi connectivity index (χ1v) is 7.57. The van der Waals surface area contributed by atoms with E-state index in [1.807, 2.05) is 0 Å². The van der Waals surface area contributed by atoms with Crippen molar-refractivity contribution in [2.45, 2.75) is 58.9 Å². The van der Waals surface area contributed by atoms with Crippen molar-refractivity contribution in [1.29, 1.82) is 0 Å². The van der Waals surface area contributed by atoms with Crippen molar-refractivity contribution in [3.63, 3.8) is 0 Å². The summed E-state index contributed by atoms with van der Waals surface area (Å²) in [4.78, 5) is 25.1. The molecular weight excluding hydrogens is 304 g/mol. The molecule has 0 saturated carbocycles. The van der Waals surface area contributed by atoms with E-state index in [0.29, 0.717) is 4.74 Å². The van der Waals surface area contributed by atoms with Crippen LogP contribution in [0.5, 0.6) is 0 Å². The van der Waals surface area contributed by atoms with E-state index in [9.17, 15) is 14.8 Å². The summed E-state index contributed by atoms with van der Waals surface area (Å²) in [6, 6.07) is -0.619. The van der Waals surface area contributed by atoms with Crippen molar-refractivity contribution in [2.75, 3.05) is 19.8 Å². The summed E-state index contributed by atoms with van der Waals surface area (Å²) in [5.41, 5.74) is -1.57. The number of carbonyl (C=O) groups excluding carboxylic acids is 2. The van der Waals surface area contributed by atoms with Gasteiger partial charge >= 0.3 is 12.1 Å². The molecule has 0 aliphatic carbocycles. The van der Waals surface area contributed by atoms with Crippen LogP contribution in [0.1, 0.15) is 41.5 Å². The van der Waals surface area contributed by atoms with E-state index in [2.05, 4.69) is 0 Å². The topological polar surface area (TPSA) is 91.1 Å². The first-order valence-electron chi connectivity index (χ1n) is 7.57. The molecule has 1 fully saturated rings. The zero-order valence-corrected chi connectivity index (χ0v) is 14.6. The Morgan fingerprint density at radius 2 is 2.04 bits per heavy atom. The van der Waals surface area contributed by atoms with E-state index < -0.39 is 36.0 Å². The summed E-state index contributed by atoms with van der Waals surface area (Å²) in [5, 5.41) is 11.9.